The second-order valence-corrected chi connectivity index (χ2v) is 8.50. The lowest BCUT2D eigenvalue weighted by atomic mass is 9.87. The van der Waals surface area contributed by atoms with Crippen LogP contribution in [0.1, 0.15) is 27.2 Å². The van der Waals surface area contributed by atoms with E-state index < -0.39 is 15.1 Å². The van der Waals surface area contributed by atoms with E-state index in [9.17, 15) is 8.42 Å². The molecule has 1 saturated heterocycles. The van der Waals surface area contributed by atoms with Gasteiger partial charge in [0.05, 0.1) is 22.4 Å². The Morgan fingerprint density at radius 2 is 1.85 bits per heavy atom. The Morgan fingerprint density at radius 3 is 2.35 bits per heavy atom. The van der Waals surface area contributed by atoms with E-state index in [1.165, 1.54) is 0 Å². The molecule has 1 aromatic carbocycles. The molecular weight excluding hydrogens is 272 g/mol. The minimum atomic E-state index is -3.39. The second-order valence-electron chi connectivity index (χ2n) is 6.33. The van der Waals surface area contributed by atoms with Crippen LogP contribution in [0.2, 0.25) is 0 Å². The Balaban J connectivity index is 2.41. The quantitative estimate of drug-likeness (QED) is 0.804. The molecule has 1 fully saturated rings. The molecule has 1 heterocycles. The third kappa shape index (κ3) is 2.81. The Labute approximate surface area is 121 Å². The maximum absolute atomic E-state index is 12.8. The fourth-order valence-electron chi connectivity index (χ4n) is 2.67. The van der Waals surface area contributed by atoms with Gasteiger partial charge in [0.1, 0.15) is 0 Å². The normalized spacial score (nSPS) is 27.4. The predicted octanol–water partition coefficient (Wildman–Crippen LogP) is 3.22. The van der Waals surface area contributed by atoms with Crippen molar-refractivity contribution in [2.75, 3.05) is 0 Å². The van der Waals surface area contributed by atoms with Crippen molar-refractivity contribution >= 4 is 9.84 Å². The van der Waals surface area contributed by atoms with Crippen molar-refractivity contribution < 1.29 is 13.2 Å². The molecule has 2 rings (SSSR count). The minimum Gasteiger partial charge on any atom is -0.369 e. The maximum Gasteiger partial charge on any atom is 0.183 e. The zero-order valence-corrected chi connectivity index (χ0v) is 13.1. The molecule has 0 N–H and O–H groups in total. The summed E-state index contributed by atoms with van der Waals surface area (Å²) in [6, 6.07) is 8.62. The molecule has 0 saturated carbocycles. The highest BCUT2D eigenvalue weighted by Crippen LogP contribution is 2.39. The summed E-state index contributed by atoms with van der Waals surface area (Å²) >= 11 is 0. The number of hydrogen-bond donors (Lipinski definition) is 0. The Morgan fingerprint density at radius 1 is 1.25 bits per heavy atom. The molecule has 0 amide bonds. The molecule has 0 aromatic heterocycles. The first-order valence-corrected chi connectivity index (χ1v) is 8.38. The summed E-state index contributed by atoms with van der Waals surface area (Å²) in [6.07, 6.45) is 1.65. The van der Waals surface area contributed by atoms with Gasteiger partial charge in [-0.25, -0.2) is 8.42 Å². The monoisotopic (exact) mass is 294 g/mol. The van der Waals surface area contributed by atoms with Crippen LogP contribution in [-0.4, -0.2) is 25.9 Å². The third-order valence-corrected chi connectivity index (χ3v) is 5.88. The molecule has 1 aromatic rings. The van der Waals surface area contributed by atoms with Crippen LogP contribution in [0.4, 0.5) is 0 Å². The van der Waals surface area contributed by atoms with E-state index in [0.29, 0.717) is 11.3 Å². The van der Waals surface area contributed by atoms with E-state index in [1.54, 1.807) is 30.3 Å². The summed E-state index contributed by atoms with van der Waals surface area (Å²) in [7, 11) is -3.39. The van der Waals surface area contributed by atoms with Gasteiger partial charge in [-0.15, -0.1) is 6.58 Å². The molecular formula is C16H22O3S. The lowest BCUT2D eigenvalue weighted by Crippen LogP contribution is -2.39. The van der Waals surface area contributed by atoms with E-state index in [1.807, 2.05) is 26.8 Å². The second kappa shape index (κ2) is 5.34. The van der Waals surface area contributed by atoms with Gasteiger partial charge in [-0.05, 0) is 24.0 Å². The van der Waals surface area contributed by atoms with Crippen molar-refractivity contribution in [3.63, 3.8) is 0 Å². The van der Waals surface area contributed by atoms with E-state index in [2.05, 4.69) is 6.58 Å². The zero-order chi connectivity index (χ0) is 15.0. The number of sulfone groups is 1. The van der Waals surface area contributed by atoms with Crippen LogP contribution in [0.25, 0.3) is 0 Å². The SMILES string of the molecule is C=C[C@H]1C[C@@H](S(=O)(=O)c2ccccc2)[C@H](C(C)(C)C)O1. The molecule has 0 radical (unpaired) electrons. The smallest absolute Gasteiger partial charge is 0.183 e. The summed E-state index contributed by atoms with van der Waals surface area (Å²) < 4.78 is 31.6. The van der Waals surface area contributed by atoms with Crippen LogP contribution >= 0.6 is 0 Å². The van der Waals surface area contributed by atoms with Crippen LogP contribution in [0.5, 0.6) is 0 Å². The average molecular weight is 294 g/mol. The van der Waals surface area contributed by atoms with Gasteiger partial charge in [0.15, 0.2) is 9.84 Å². The first kappa shape index (κ1) is 15.3. The average Bonchev–Trinajstić information content (AvgIpc) is 2.84. The van der Waals surface area contributed by atoms with E-state index in [0.717, 1.165) is 0 Å². The van der Waals surface area contributed by atoms with Gasteiger partial charge in [0.25, 0.3) is 0 Å². The Bertz CT molecular complexity index is 569. The van der Waals surface area contributed by atoms with Crippen molar-refractivity contribution in [1.29, 1.82) is 0 Å². The first-order valence-electron chi connectivity index (χ1n) is 6.84. The maximum atomic E-state index is 12.8. The fraction of sp³-hybridized carbons (Fsp3) is 0.500. The lowest BCUT2D eigenvalue weighted by molar-refractivity contribution is 0.00352. The van der Waals surface area contributed by atoms with Crippen molar-refractivity contribution in [3.8, 4) is 0 Å². The summed E-state index contributed by atoms with van der Waals surface area (Å²) in [5.41, 5.74) is -0.232. The highest BCUT2D eigenvalue weighted by molar-refractivity contribution is 7.92. The molecule has 0 aliphatic carbocycles. The van der Waals surface area contributed by atoms with E-state index >= 15 is 0 Å². The Hall–Kier alpha value is -1.13. The summed E-state index contributed by atoms with van der Waals surface area (Å²) in [4.78, 5) is 0.368. The molecule has 20 heavy (non-hydrogen) atoms. The summed E-state index contributed by atoms with van der Waals surface area (Å²) in [5.74, 6) is 0. The lowest BCUT2D eigenvalue weighted by Gasteiger charge is -2.31. The fourth-order valence-corrected chi connectivity index (χ4v) is 4.80. The molecule has 3 nitrogen and oxygen atoms in total. The summed E-state index contributed by atoms with van der Waals surface area (Å²) in [6.45, 7) is 9.76. The van der Waals surface area contributed by atoms with Gasteiger partial charge >= 0.3 is 0 Å². The van der Waals surface area contributed by atoms with E-state index in [-0.39, 0.29) is 17.6 Å². The van der Waals surface area contributed by atoms with Gasteiger partial charge in [-0.1, -0.05) is 45.0 Å². The van der Waals surface area contributed by atoms with Gasteiger partial charge in [0, 0.05) is 0 Å². The largest absolute Gasteiger partial charge is 0.369 e. The van der Waals surface area contributed by atoms with Crippen molar-refractivity contribution in [2.45, 2.75) is 49.5 Å². The van der Waals surface area contributed by atoms with Crippen LogP contribution in [0.3, 0.4) is 0 Å². The van der Waals surface area contributed by atoms with Gasteiger partial charge in [-0.3, -0.25) is 0 Å². The van der Waals surface area contributed by atoms with Crippen molar-refractivity contribution in [3.05, 3.63) is 43.0 Å². The molecule has 110 valence electrons. The van der Waals surface area contributed by atoms with Gasteiger partial charge in [0.2, 0.25) is 0 Å². The van der Waals surface area contributed by atoms with Gasteiger partial charge < -0.3 is 4.74 Å². The minimum absolute atomic E-state index is 0.192. The van der Waals surface area contributed by atoms with Crippen LogP contribution in [0.15, 0.2) is 47.9 Å². The van der Waals surface area contributed by atoms with Crippen LogP contribution in [-0.2, 0) is 14.6 Å². The zero-order valence-electron chi connectivity index (χ0n) is 12.2. The Kier molecular flexibility index (Phi) is 4.07. The number of ether oxygens (including phenoxy) is 1. The topological polar surface area (TPSA) is 43.4 Å². The van der Waals surface area contributed by atoms with Gasteiger partial charge in [-0.2, -0.15) is 0 Å². The molecule has 3 atom stereocenters. The molecule has 0 spiro atoms. The molecule has 0 unspecified atom stereocenters. The van der Waals surface area contributed by atoms with Crippen molar-refractivity contribution in [2.24, 2.45) is 5.41 Å². The standard InChI is InChI=1S/C16H22O3S/c1-5-12-11-14(15(19-12)16(2,3)4)20(17,18)13-9-7-6-8-10-13/h5-10,12,14-15H,1,11H2,2-4H3/t12-,14+,15+/m0/s1. The number of hydrogen-bond acceptors (Lipinski definition) is 3. The molecule has 0 bridgehead atoms. The predicted molar refractivity (Wildman–Crippen MR) is 80.3 cm³/mol. The van der Waals surface area contributed by atoms with Crippen LogP contribution in [0, 0.1) is 5.41 Å². The number of rotatable bonds is 3. The molecule has 1 aliphatic rings. The van der Waals surface area contributed by atoms with E-state index in [4.69, 9.17) is 4.74 Å². The highest BCUT2D eigenvalue weighted by atomic mass is 32.2. The van der Waals surface area contributed by atoms with Crippen LogP contribution < -0.4 is 0 Å². The summed E-state index contributed by atoms with van der Waals surface area (Å²) in [5, 5.41) is -0.520. The molecule has 1 aliphatic heterocycles. The number of benzene rings is 1. The first-order chi connectivity index (χ1) is 9.26. The molecule has 4 heteroatoms. The van der Waals surface area contributed by atoms with Crippen molar-refractivity contribution in [1.82, 2.24) is 0 Å². The highest BCUT2D eigenvalue weighted by Gasteiger charge is 2.47. The third-order valence-electron chi connectivity index (χ3n) is 3.71.